The SMILES string of the molecule is CC(C)(C)P(CC1=C(C(P)(C2CCCCN2)C2CCCCN2)C=C([Si](C)(C)C)C1[Si](C)(C)C)C(C)(C)C. The van der Waals surface area contributed by atoms with E-state index in [9.17, 15) is 0 Å². The molecule has 2 N–H and O–H groups in total. The first kappa shape index (κ1) is 32.2. The van der Waals surface area contributed by atoms with Crippen LogP contribution in [0.2, 0.25) is 44.8 Å². The van der Waals surface area contributed by atoms with E-state index in [4.69, 9.17) is 0 Å². The number of rotatable bonds is 7. The molecule has 0 spiro atoms. The van der Waals surface area contributed by atoms with Crippen molar-refractivity contribution in [2.75, 3.05) is 19.3 Å². The quantitative estimate of drug-likeness (QED) is 0.232. The van der Waals surface area contributed by atoms with Gasteiger partial charge in [0.15, 0.2) is 0 Å². The molecule has 2 saturated heterocycles. The molecule has 1 aliphatic carbocycles. The molecule has 3 rings (SSSR count). The van der Waals surface area contributed by atoms with Gasteiger partial charge in [-0.1, -0.05) is 118 Å². The fraction of sp³-hybridized carbons (Fsp3) is 0.871. The molecule has 0 bridgehead atoms. The average Bonchev–Trinajstić information content (AvgIpc) is 3.17. The van der Waals surface area contributed by atoms with Crippen LogP contribution in [0, 0.1) is 0 Å². The Kier molecular flexibility index (Phi) is 10.0. The van der Waals surface area contributed by atoms with Crippen LogP contribution in [-0.2, 0) is 0 Å². The van der Waals surface area contributed by atoms with E-state index in [0.29, 0.717) is 27.9 Å². The van der Waals surface area contributed by atoms with Gasteiger partial charge in [0.1, 0.15) is 0 Å². The first-order valence-electron chi connectivity index (χ1n) is 15.3. The Balaban J connectivity index is 2.31. The van der Waals surface area contributed by atoms with E-state index in [1.165, 1.54) is 57.8 Å². The van der Waals surface area contributed by atoms with Gasteiger partial charge in [0.2, 0.25) is 0 Å². The smallest absolute Gasteiger partial charge is 0.0728 e. The van der Waals surface area contributed by atoms with Crippen molar-refractivity contribution in [3.63, 3.8) is 0 Å². The van der Waals surface area contributed by atoms with Crippen molar-refractivity contribution in [1.29, 1.82) is 0 Å². The zero-order valence-corrected chi connectivity index (χ0v) is 30.7. The molecule has 2 nitrogen and oxygen atoms in total. The number of allylic oxidation sites excluding steroid dienone is 3. The van der Waals surface area contributed by atoms with Crippen molar-refractivity contribution in [1.82, 2.24) is 10.6 Å². The van der Waals surface area contributed by atoms with Crippen LogP contribution in [0.3, 0.4) is 0 Å². The molecule has 214 valence electrons. The lowest BCUT2D eigenvalue weighted by molar-refractivity contribution is 0.263. The summed E-state index contributed by atoms with van der Waals surface area (Å²) in [4.78, 5) is 0. The van der Waals surface area contributed by atoms with Gasteiger partial charge in [-0.3, -0.25) is 0 Å². The summed E-state index contributed by atoms with van der Waals surface area (Å²) in [7, 11) is 0.388. The molecular formula is C31H62N2P2Si2. The van der Waals surface area contributed by atoms with Crippen LogP contribution in [0.1, 0.15) is 80.1 Å². The van der Waals surface area contributed by atoms with E-state index >= 15 is 0 Å². The zero-order chi connectivity index (χ0) is 28.0. The lowest BCUT2D eigenvalue weighted by Gasteiger charge is -2.50. The highest BCUT2D eigenvalue weighted by molar-refractivity contribution is 7.61. The van der Waals surface area contributed by atoms with Crippen LogP contribution in [0.4, 0.5) is 0 Å². The Labute approximate surface area is 237 Å². The maximum absolute atomic E-state index is 4.08. The molecule has 0 aromatic carbocycles. The Bertz CT molecular complexity index is 824. The van der Waals surface area contributed by atoms with Crippen LogP contribution in [0.15, 0.2) is 22.4 Å². The van der Waals surface area contributed by atoms with Crippen molar-refractivity contribution >= 4 is 33.3 Å². The van der Waals surface area contributed by atoms with Crippen LogP contribution < -0.4 is 10.6 Å². The Morgan fingerprint density at radius 1 is 0.811 bits per heavy atom. The topological polar surface area (TPSA) is 24.1 Å². The molecule has 2 heterocycles. The summed E-state index contributed by atoms with van der Waals surface area (Å²) in [5, 5.41) is 10.8. The molecule has 6 heteroatoms. The first-order valence-corrected chi connectivity index (χ1v) is 24.5. The van der Waals surface area contributed by atoms with Gasteiger partial charge in [-0.05, 0) is 66.4 Å². The Hall–Kier alpha value is 0.694. The maximum Gasteiger partial charge on any atom is 0.0728 e. The largest absolute Gasteiger partial charge is 0.313 e. The van der Waals surface area contributed by atoms with Crippen LogP contribution in [0.5, 0.6) is 0 Å². The van der Waals surface area contributed by atoms with Gasteiger partial charge < -0.3 is 10.6 Å². The van der Waals surface area contributed by atoms with E-state index in [1.54, 1.807) is 5.57 Å². The molecule has 0 saturated carbocycles. The van der Waals surface area contributed by atoms with Crippen molar-refractivity contribution in [3.8, 4) is 0 Å². The van der Waals surface area contributed by atoms with Crippen LogP contribution >= 0.6 is 17.2 Å². The molecule has 3 aliphatic rings. The van der Waals surface area contributed by atoms with Gasteiger partial charge in [0, 0.05) is 17.2 Å². The van der Waals surface area contributed by atoms with Gasteiger partial charge in [-0.2, -0.15) is 0 Å². The average molecular weight is 581 g/mol. The van der Waals surface area contributed by atoms with Gasteiger partial charge in [-0.15, -0.1) is 9.24 Å². The van der Waals surface area contributed by atoms with E-state index < -0.39 is 16.1 Å². The van der Waals surface area contributed by atoms with Crippen molar-refractivity contribution in [2.24, 2.45) is 0 Å². The maximum atomic E-state index is 4.08. The van der Waals surface area contributed by atoms with Crippen molar-refractivity contribution < 1.29 is 0 Å². The summed E-state index contributed by atoms with van der Waals surface area (Å²) in [6, 6.07) is 1.09. The molecule has 4 unspecified atom stereocenters. The number of nitrogens with one attached hydrogen (secondary N) is 2. The third-order valence-electron chi connectivity index (χ3n) is 9.23. The monoisotopic (exact) mass is 580 g/mol. The second kappa shape index (κ2) is 11.5. The van der Waals surface area contributed by atoms with Crippen molar-refractivity contribution in [2.45, 2.75) is 152 Å². The van der Waals surface area contributed by atoms with Crippen LogP contribution in [-0.4, -0.2) is 63.0 Å². The van der Waals surface area contributed by atoms with Gasteiger partial charge in [0.25, 0.3) is 0 Å². The number of hydrogen-bond acceptors (Lipinski definition) is 2. The van der Waals surface area contributed by atoms with Gasteiger partial charge in [-0.25, -0.2) is 0 Å². The normalized spacial score (nSPS) is 28.5. The molecule has 2 fully saturated rings. The molecule has 0 radical (unpaired) electrons. The molecule has 37 heavy (non-hydrogen) atoms. The third kappa shape index (κ3) is 7.13. The second-order valence-electron chi connectivity index (χ2n) is 16.5. The predicted octanol–water partition coefficient (Wildman–Crippen LogP) is 8.79. The van der Waals surface area contributed by atoms with E-state index in [0.717, 1.165) is 0 Å². The highest BCUT2D eigenvalue weighted by atomic mass is 31.1. The Morgan fingerprint density at radius 2 is 1.27 bits per heavy atom. The third-order valence-corrected chi connectivity index (χ3v) is 19.1. The van der Waals surface area contributed by atoms with Gasteiger partial charge >= 0.3 is 0 Å². The first-order chi connectivity index (χ1) is 16.8. The molecule has 4 atom stereocenters. The highest BCUT2D eigenvalue weighted by Gasteiger charge is 2.52. The summed E-state index contributed by atoms with van der Waals surface area (Å²) in [6.07, 6.45) is 12.1. The minimum Gasteiger partial charge on any atom is -0.313 e. The van der Waals surface area contributed by atoms with Crippen molar-refractivity contribution in [3.05, 3.63) is 22.4 Å². The minimum atomic E-state index is -1.50. The van der Waals surface area contributed by atoms with Gasteiger partial charge in [0.05, 0.1) is 16.1 Å². The molecular weight excluding hydrogens is 518 g/mol. The lowest BCUT2D eigenvalue weighted by Crippen LogP contribution is -2.61. The number of hydrogen-bond donors (Lipinski definition) is 2. The molecule has 0 amide bonds. The summed E-state index contributed by atoms with van der Waals surface area (Å²) in [5.74, 6) is 0. The number of piperidine rings is 2. The fourth-order valence-corrected chi connectivity index (χ4v) is 18.9. The highest BCUT2D eigenvalue weighted by Crippen LogP contribution is 2.64. The zero-order valence-electron chi connectivity index (χ0n) is 26.7. The molecule has 0 aromatic heterocycles. The minimum absolute atomic E-state index is 0.0756. The molecule has 0 aromatic rings. The van der Waals surface area contributed by atoms with E-state index in [2.05, 4.69) is 107 Å². The summed E-state index contributed by atoms with van der Waals surface area (Å²) in [6.45, 7) is 33.3. The van der Waals surface area contributed by atoms with E-state index in [-0.39, 0.29) is 13.1 Å². The standard InChI is InChI=1S/C31H62N2P2Si2/c1-29(2,3)35(30(4,5)6)22-23-24(21-25(36(7,8)9)28(23)37(10,11)12)31(34,26-17-13-15-19-32-26)27-18-14-16-20-33-27/h21,26-28,32-33H,13-20,22,34H2,1-12H3. The lowest BCUT2D eigenvalue weighted by atomic mass is 9.76. The summed E-state index contributed by atoms with van der Waals surface area (Å²) in [5.41, 5.74) is 4.33. The second-order valence-corrected chi connectivity index (χ2v) is 31.7. The fourth-order valence-electron chi connectivity index (χ4n) is 7.68. The summed E-state index contributed by atoms with van der Waals surface area (Å²) < 4.78 is 0. The summed E-state index contributed by atoms with van der Waals surface area (Å²) >= 11 is 0. The molecule has 2 aliphatic heterocycles. The Morgan fingerprint density at radius 3 is 1.59 bits per heavy atom. The van der Waals surface area contributed by atoms with Crippen LogP contribution in [0.25, 0.3) is 0 Å². The predicted molar refractivity (Wildman–Crippen MR) is 181 cm³/mol. The van der Waals surface area contributed by atoms with E-state index in [1.807, 2.05) is 10.8 Å².